The minimum atomic E-state index is -4.52. The maximum atomic E-state index is 13.0. The Balaban J connectivity index is 2.19. The lowest BCUT2D eigenvalue weighted by Crippen LogP contribution is -2.41. The van der Waals surface area contributed by atoms with Crippen LogP contribution in [-0.4, -0.2) is 45.2 Å². The van der Waals surface area contributed by atoms with E-state index in [1.807, 2.05) is 0 Å². The van der Waals surface area contributed by atoms with Crippen LogP contribution >= 0.6 is 0 Å². The molecule has 0 amide bonds. The van der Waals surface area contributed by atoms with Gasteiger partial charge in [-0.3, -0.25) is 0 Å². The van der Waals surface area contributed by atoms with Gasteiger partial charge in [-0.2, -0.15) is 13.2 Å². The molecule has 0 saturated carbocycles. The predicted octanol–water partition coefficient (Wildman–Crippen LogP) is 2.35. The topological polar surface area (TPSA) is 68.3 Å². The Labute approximate surface area is 133 Å². The summed E-state index contributed by atoms with van der Waals surface area (Å²) in [5, 5.41) is 2.70. The molecule has 1 fully saturated rings. The molecule has 5 nitrogen and oxygen atoms in total. The number of aromatic nitrogens is 1. The average molecular weight is 352 g/mol. The van der Waals surface area contributed by atoms with Crippen molar-refractivity contribution in [2.45, 2.75) is 19.0 Å². The summed E-state index contributed by atoms with van der Waals surface area (Å²) in [5.74, 6) is -0.371. The molecule has 0 unspecified atom stereocenters. The SMILES string of the molecule is CS(=O)(=O)CC1(CNc2ncccc2C(F)(F)F)CCOCC1. The molecule has 23 heavy (non-hydrogen) atoms. The highest BCUT2D eigenvalue weighted by Gasteiger charge is 2.38. The van der Waals surface area contributed by atoms with E-state index in [1.54, 1.807) is 0 Å². The van der Waals surface area contributed by atoms with Crippen molar-refractivity contribution in [2.75, 3.05) is 37.1 Å². The Hall–Kier alpha value is -1.35. The summed E-state index contributed by atoms with van der Waals surface area (Å²) in [5.41, 5.74) is -1.51. The van der Waals surface area contributed by atoms with Crippen LogP contribution in [0.1, 0.15) is 18.4 Å². The van der Waals surface area contributed by atoms with Crippen LogP contribution in [0.15, 0.2) is 18.3 Å². The van der Waals surface area contributed by atoms with E-state index in [1.165, 1.54) is 12.3 Å². The van der Waals surface area contributed by atoms with Gasteiger partial charge < -0.3 is 10.1 Å². The molecule has 2 rings (SSSR count). The number of nitrogens with zero attached hydrogens (tertiary/aromatic N) is 1. The second kappa shape index (κ2) is 6.64. The fraction of sp³-hybridized carbons (Fsp3) is 0.643. The molecule has 0 aromatic carbocycles. The van der Waals surface area contributed by atoms with Gasteiger partial charge in [-0.05, 0) is 25.0 Å². The highest BCUT2D eigenvalue weighted by Crippen LogP contribution is 2.36. The molecule has 0 spiro atoms. The molecule has 1 aromatic heterocycles. The van der Waals surface area contributed by atoms with Gasteiger partial charge >= 0.3 is 6.18 Å². The second-order valence-electron chi connectivity index (χ2n) is 5.93. The molecule has 2 heterocycles. The van der Waals surface area contributed by atoms with E-state index in [2.05, 4.69) is 10.3 Å². The lowest BCUT2D eigenvalue weighted by Gasteiger charge is -2.37. The van der Waals surface area contributed by atoms with E-state index in [0.29, 0.717) is 26.1 Å². The molecule has 1 saturated heterocycles. The van der Waals surface area contributed by atoms with Crippen LogP contribution in [0, 0.1) is 5.41 Å². The van der Waals surface area contributed by atoms with Crippen LogP contribution in [-0.2, 0) is 20.8 Å². The van der Waals surface area contributed by atoms with Gasteiger partial charge in [0.15, 0.2) is 0 Å². The molecule has 0 bridgehead atoms. The zero-order valence-electron chi connectivity index (χ0n) is 12.7. The van der Waals surface area contributed by atoms with Crippen LogP contribution in [0.2, 0.25) is 0 Å². The average Bonchev–Trinajstić information content (AvgIpc) is 2.44. The van der Waals surface area contributed by atoms with Gasteiger partial charge in [0.25, 0.3) is 0 Å². The fourth-order valence-corrected chi connectivity index (χ4v) is 4.28. The minimum Gasteiger partial charge on any atom is -0.381 e. The molecule has 0 radical (unpaired) electrons. The van der Waals surface area contributed by atoms with Gasteiger partial charge in [-0.25, -0.2) is 13.4 Å². The Morgan fingerprint density at radius 1 is 1.35 bits per heavy atom. The second-order valence-corrected chi connectivity index (χ2v) is 8.07. The first kappa shape index (κ1) is 18.0. The molecular weight excluding hydrogens is 333 g/mol. The van der Waals surface area contributed by atoms with Crippen LogP contribution in [0.3, 0.4) is 0 Å². The van der Waals surface area contributed by atoms with Crippen molar-refractivity contribution < 1.29 is 26.3 Å². The summed E-state index contributed by atoms with van der Waals surface area (Å²) >= 11 is 0. The summed E-state index contributed by atoms with van der Waals surface area (Å²) in [6, 6.07) is 2.16. The number of hydrogen-bond donors (Lipinski definition) is 1. The zero-order valence-corrected chi connectivity index (χ0v) is 13.5. The lowest BCUT2D eigenvalue weighted by molar-refractivity contribution is -0.137. The van der Waals surface area contributed by atoms with Crippen LogP contribution < -0.4 is 5.32 Å². The van der Waals surface area contributed by atoms with Crippen molar-refractivity contribution in [3.05, 3.63) is 23.9 Å². The zero-order chi connectivity index (χ0) is 17.1. The third-order valence-corrected chi connectivity index (χ3v) is 5.00. The molecule has 130 valence electrons. The minimum absolute atomic E-state index is 0.0927. The molecular formula is C14H19F3N2O3S. The number of pyridine rings is 1. The van der Waals surface area contributed by atoms with Gasteiger partial charge in [0.1, 0.15) is 15.7 Å². The summed E-state index contributed by atoms with van der Waals surface area (Å²) in [6.45, 7) is 0.889. The number of anilines is 1. The Bertz CT molecular complexity index is 641. The first-order valence-corrected chi connectivity index (χ1v) is 9.19. The summed E-state index contributed by atoms with van der Waals surface area (Å²) in [7, 11) is -3.26. The summed E-state index contributed by atoms with van der Waals surface area (Å²) < 4.78 is 67.6. The quantitative estimate of drug-likeness (QED) is 0.881. The monoisotopic (exact) mass is 352 g/mol. The smallest absolute Gasteiger partial charge is 0.381 e. The van der Waals surface area contributed by atoms with E-state index in [4.69, 9.17) is 4.74 Å². The number of alkyl halides is 3. The Morgan fingerprint density at radius 3 is 2.57 bits per heavy atom. The van der Waals surface area contributed by atoms with Crippen molar-refractivity contribution in [1.82, 2.24) is 4.98 Å². The molecule has 1 aliphatic heterocycles. The first-order chi connectivity index (χ1) is 10.6. The van der Waals surface area contributed by atoms with Crippen LogP contribution in [0.25, 0.3) is 0 Å². The van der Waals surface area contributed by atoms with Gasteiger partial charge in [-0.1, -0.05) is 0 Å². The summed E-state index contributed by atoms with van der Waals surface area (Å²) in [6.07, 6.45) is -1.17. The standard InChI is InChI=1S/C14H19F3N2O3S/c1-23(20,21)10-13(4-7-22-8-5-13)9-19-12-11(14(15,16)17)3-2-6-18-12/h2-3,6H,4-5,7-10H2,1H3,(H,18,19). The van der Waals surface area contributed by atoms with E-state index >= 15 is 0 Å². The van der Waals surface area contributed by atoms with Crippen molar-refractivity contribution in [3.63, 3.8) is 0 Å². The fourth-order valence-electron chi connectivity index (χ4n) is 2.78. The van der Waals surface area contributed by atoms with Crippen molar-refractivity contribution in [2.24, 2.45) is 5.41 Å². The van der Waals surface area contributed by atoms with Crippen molar-refractivity contribution in [1.29, 1.82) is 0 Å². The largest absolute Gasteiger partial charge is 0.419 e. The Morgan fingerprint density at radius 2 is 2.00 bits per heavy atom. The Kier molecular flexibility index (Phi) is 5.20. The molecule has 9 heteroatoms. The number of hydrogen-bond acceptors (Lipinski definition) is 5. The molecule has 1 aliphatic rings. The third kappa shape index (κ3) is 5.07. The lowest BCUT2D eigenvalue weighted by atomic mass is 9.82. The van der Waals surface area contributed by atoms with Gasteiger partial charge in [0.2, 0.25) is 0 Å². The first-order valence-electron chi connectivity index (χ1n) is 7.13. The highest BCUT2D eigenvalue weighted by atomic mass is 32.2. The third-order valence-electron chi connectivity index (χ3n) is 3.87. The van der Waals surface area contributed by atoms with Gasteiger partial charge in [0, 0.05) is 37.6 Å². The van der Waals surface area contributed by atoms with E-state index in [-0.39, 0.29) is 18.1 Å². The van der Waals surface area contributed by atoms with E-state index < -0.39 is 27.0 Å². The van der Waals surface area contributed by atoms with Crippen molar-refractivity contribution >= 4 is 15.7 Å². The van der Waals surface area contributed by atoms with E-state index in [9.17, 15) is 21.6 Å². The van der Waals surface area contributed by atoms with E-state index in [0.717, 1.165) is 12.3 Å². The predicted molar refractivity (Wildman–Crippen MR) is 79.9 cm³/mol. The molecule has 1 aromatic rings. The maximum Gasteiger partial charge on any atom is 0.419 e. The molecule has 0 atom stereocenters. The number of sulfone groups is 1. The van der Waals surface area contributed by atoms with Gasteiger partial charge in [-0.15, -0.1) is 0 Å². The highest BCUT2D eigenvalue weighted by molar-refractivity contribution is 7.90. The number of rotatable bonds is 5. The molecule has 1 N–H and O–H groups in total. The normalized spacial score (nSPS) is 18.6. The summed E-state index contributed by atoms with van der Waals surface area (Å²) in [4.78, 5) is 3.75. The number of nitrogens with one attached hydrogen (secondary N) is 1. The number of ether oxygens (including phenoxy) is 1. The number of halogens is 3. The van der Waals surface area contributed by atoms with Crippen LogP contribution in [0.4, 0.5) is 19.0 Å². The molecule has 0 aliphatic carbocycles. The maximum absolute atomic E-state index is 13.0. The van der Waals surface area contributed by atoms with Gasteiger partial charge in [0.05, 0.1) is 11.3 Å². The van der Waals surface area contributed by atoms with Crippen LogP contribution in [0.5, 0.6) is 0 Å². The van der Waals surface area contributed by atoms with Crippen molar-refractivity contribution in [3.8, 4) is 0 Å².